The molecule has 2 aliphatic rings. The van der Waals surface area contributed by atoms with E-state index >= 15 is 0 Å². The Morgan fingerprint density at radius 3 is 2.71 bits per heavy atom. The van der Waals surface area contributed by atoms with Crippen LogP contribution in [-0.4, -0.2) is 57.9 Å². The molecular formula is C21H34IN3O3. The van der Waals surface area contributed by atoms with E-state index in [0.717, 1.165) is 62.0 Å². The smallest absolute Gasteiger partial charge is 0.193 e. The highest BCUT2D eigenvalue weighted by Crippen LogP contribution is 2.30. The van der Waals surface area contributed by atoms with Crippen LogP contribution in [0, 0.1) is 5.92 Å². The molecule has 1 N–H and O–H groups in total. The van der Waals surface area contributed by atoms with Gasteiger partial charge < -0.3 is 24.4 Å². The first kappa shape index (κ1) is 23.1. The van der Waals surface area contributed by atoms with E-state index in [-0.39, 0.29) is 24.0 Å². The SMILES string of the molecule is CN=C(NCc1ccc(OC)cc1OC1CCCC1)N(C)CC1CCOC1.I. The third-order valence-corrected chi connectivity index (χ3v) is 5.44. The van der Waals surface area contributed by atoms with Crippen molar-refractivity contribution >= 4 is 29.9 Å². The van der Waals surface area contributed by atoms with Crippen LogP contribution in [0.1, 0.15) is 37.7 Å². The van der Waals surface area contributed by atoms with Gasteiger partial charge in [0.15, 0.2) is 5.96 Å². The number of aliphatic imine (C=N–C) groups is 1. The van der Waals surface area contributed by atoms with Gasteiger partial charge in [0, 0.05) is 51.3 Å². The first-order chi connectivity index (χ1) is 13.2. The second kappa shape index (κ2) is 11.7. The van der Waals surface area contributed by atoms with Gasteiger partial charge in [-0.2, -0.15) is 0 Å². The fourth-order valence-corrected chi connectivity index (χ4v) is 3.86. The fourth-order valence-electron chi connectivity index (χ4n) is 3.86. The molecule has 0 aromatic heterocycles. The van der Waals surface area contributed by atoms with Crippen molar-refractivity contribution < 1.29 is 14.2 Å². The van der Waals surface area contributed by atoms with E-state index < -0.39 is 0 Å². The van der Waals surface area contributed by atoms with E-state index in [1.165, 1.54) is 12.8 Å². The number of methoxy groups -OCH3 is 1. The number of hydrogen-bond donors (Lipinski definition) is 1. The lowest BCUT2D eigenvalue weighted by Gasteiger charge is -2.25. The van der Waals surface area contributed by atoms with Gasteiger partial charge >= 0.3 is 0 Å². The number of halogens is 1. The Bertz CT molecular complexity index is 629. The topological polar surface area (TPSA) is 55.3 Å². The van der Waals surface area contributed by atoms with Crippen LogP contribution >= 0.6 is 24.0 Å². The zero-order valence-corrected chi connectivity index (χ0v) is 19.6. The number of hydrogen-bond acceptors (Lipinski definition) is 4. The van der Waals surface area contributed by atoms with Crippen molar-refractivity contribution in [1.29, 1.82) is 0 Å². The summed E-state index contributed by atoms with van der Waals surface area (Å²) in [5.41, 5.74) is 1.13. The molecule has 28 heavy (non-hydrogen) atoms. The second-order valence-corrected chi connectivity index (χ2v) is 7.51. The van der Waals surface area contributed by atoms with Crippen LogP contribution in [0.2, 0.25) is 0 Å². The van der Waals surface area contributed by atoms with Gasteiger partial charge in [0.1, 0.15) is 11.5 Å². The molecule has 1 aliphatic carbocycles. The summed E-state index contributed by atoms with van der Waals surface area (Å²) >= 11 is 0. The Kier molecular flexibility index (Phi) is 9.64. The van der Waals surface area contributed by atoms with Crippen molar-refractivity contribution in [2.45, 2.75) is 44.8 Å². The van der Waals surface area contributed by atoms with E-state index in [1.54, 1.807) is 7.11 Å². The van der Waals surface area contributed by atoms with E-state index in [2.05, 4.69) is 28.3 Å². The lowest BCUT2D eigenvalue weighted by atomic mass is 10.1. The zero-order valence-electron chi connectivity index (χ0n) is 17.3. The third-order valence-electron chi connectivity index (χ3n) is 5.44. The highest BCUT2D eigenvalue weighted by Gasteiger charge is 2.20. The number of benzene rings is 1. The molecule has 1 aromatic carbocycles. The molecule has 1 saturated heterocycles. The van der Waals surface area contributed by atoms with Gasteiger partial charge in [-0.1, -0.05) is 0 Å². The minimum atomic E-state index is 0. The van der Waals surface area contributed by atoms with E-state index in [1.807, 2.05) is 19.2 Å². The summed E-state index contributed by atoms with van der Waals surface area (Å²) in [7, 11) is 5.60. The van der Waals surface area contributed by atoms with Crippen LogP contribution in [0.15, 0.2) is 23.2 Å². The maximum atomic E-state index is 6.29. The molecule has 1 unspecified atom stereocenters. The molecule has 0 bridgehead atoms. The van der Waals surface area contributed by atoms with E-state index in [0.29, 0.717) is 18.6 Å². The van der Waals surface area contributed by atoms with E-state index in [9.17, 15) is 0 Å². The van der Waals surface area contributed by atoms with Crippen molar-refractivity contribution in [3.63, 3.8) is 0 Å². The number of nitrogens with zero attached hydrogens (tertiary/aromatic N) is 2. The van der Waals surface area contributed by atoms with Gasteiger partial charge in [-0.25, -0.2) is 0 Å². The van der Waals surface area contributed by atoms with Crippen molar-refractivity contribution in [3.8, 4) is 11.5 Å². The van der Waals surface area contributed by atoms with Gasteiger partial charge in [0.2, 0.25) is 0 Å². The summed E-state index contributed by atoms with van der Waals surface area (Å²) in [5, 5.41) is 3.48. The minimum Gasteiger partial charge on any atom is -0.497 e. The summed E-state index contributed by atoms with van der Waals surface area (Å²) in [4.78, 5) is 6.62. The van der Waals surface area contributed by atoms with Crippen molar-refractivity contribution in [3.05, 3.63) is 23.8 Å². The molecule has 2 fully saturated rings. The van der Waals surface area contributed by atoms with Crippen LogP contribution in [0.4, 0.5) is 0 Å². The normalized spacial score (nSPS) is 20.0. The molecule has 0 spiro atoms. The maximum Gasteiger partial charge on any atom is 0.193 e. The number of ether oxygens (including phenoxy) is 3. The van der Waals surface area contributed by atoms with Gasteiger partial charge in [0.05, 0.1) is 19.8 Å². The minimum absolute atomic E-state index is 0. The van der Waals surface area contributed by atoms with Crippen molar-refractivity contribution in [2.75, 3.05) is 41.0 Å². The van der Waals surface area contributed by atoms with Crippen LogP contribution < -0.4 is 14.8 Å². The Balaban J connectivity index is 0.00000280. The predicted octanol–water partition coefficient (Wildman–Crippen LogP) is 3.68. The lowest BCUT2D eigenvalue weighted by Crippen LogP contribution is -2.41. The van der Waals surface area contributed by atoms with Crippen LogP contribution in [0.25, 0.3) is 0 Å². The Hall–Kier alpha value is -1.22. The molecule has 1 heterocycles. The molecule has 1 saturated carbocycles. The predicted molar refractivity (Wildman–Crippen MR) is 123 cm³/mol. The zero-order chi connectivity index (χ0) is 19.1. The molecular weight excluding hydrogens is 469 g/mol. The lowest BCUT2D eigenvalue weighted by molar-refractivity contribution is 0.181. The van der Waals surface area contributed by atoms with Crippen molar-refractivity contribution in [1.82, 2.24) is 10.2 Å². The van der Waals surface area contributed by atoms with Gasteiger partial charge in [-0.15, -0.1) is 24.0 Å². The summed E-state index contributed by atoms with van der Waals surface area (Å²) in [5.74, 6) is 3.21. The first-order valence-corrected chi connectivity index (χ1v) is 10.0. The molecule has 0 radical (unpaired) electrons. The number of guanidine groups is 1. The van der Waals surface area contributed by atoms with Crippen LogP contribution in [0.5, 0.6) is 11.5 Å². The average Bonchev–Trinajstić information content (AvgIpc) is 3.37. The van der Waals surface area contributed by atoms with E-state index in [4.69, 9.17) is 14.2 Å². The largest absolute Gasteiger partial charge is 0.497 e. The quantitative estimate of drug-likeness (QED) is 0.350. The molecule has 7 heteroatoms. The molecule has 1 aliphatic heterocycles. The molecule has 1 aromatic rings. The Morgan fingerprint density at radius 1 is 1.29 bits per heavy atom. The fraction of sp³-hybridized carbons (Fsp3) is 0.667. The molecule has 0 amide bonds. The second-order valence-electron chi connectivity index (χ2n) is 7.51. The monoisotopic (exact) mass is 503 g/mol. The first-order valence-electron chi connectivity index (χ1n) is 10.0. The number of rotatable bonds is 7. The van der Waals surface area contributed by atoms with Gasteiger partial charge in [-0.05, 0) is 44.2 Å². The Morgan fingerprint density at radius 2 is 2.07 bits per heavy atom. The van der Waals surface area contributed by atoms with Crippen LogP contribution in [0.3, 0.4) is 0 Å². The third kappa shape index (κ3) is 6.40. The van der Waals surface area contributed by atoms with Gasteiger partial charge in [0.25, 0.3) is 0 Å². The van der Waals surface area contributed by atoms with Gasteiger partial charge in [-0.3, -0.25) is 4.99 Å². The molecule has 1 atom stereocenters. The van der Waals surface area contributed by atoms with Crippen molar-refractivity contribution in [2.24, 2.45) is 10.9 Å². The Labute approximate surface area is 186 Å². The standard InChI is InChI=1S/C21H33N3O3.HI/c1-22-21(24(2)14-16-10-11-26-15-16)23-13-17-8-9-19(25-3)12-20(17)27-18-6-4-5-7-18;/h8-9,12,16,18H,4-7,10-11,13-15H2,1-3H3,(H,22,23);1H. The highest BCUT2D eigenvalue weighted by atomic mass is 127. The average molecular weight is 503 g/mol. The maximum absolute atomic E-state index is 6.29. The van der Waals surface area contributed by atoms with Crippen LogP contribution in [-0.2, 0) is 11.3 Å². The summed E-state index contributed by atoms with van der Waals surface area (Å²) < 4.78 is 17.2. The summed E-state index contributed by atoms with van der Waals surface area (Å²) in [6, 6.07) is 6.06. The molecule has 6 nitrogen and oxygen atoms in total. The summed E-state index contributed by atoms with van der Waals surface area (Å²) in [6.07, 6.45) is 6.23. The molecule has 3 rings (SSSR count). The summed E-state index contributed by atoms with van der Waals surface area (Å²) in [6.45, 7) is 3.34. The number of nitrogens with one attached hydrogen (secondary N) is 1. The highest BCUT2D eigenvalue weighted by molar-refractivity contribution is 14.0. The molecule has 158 valence electrons.